The van der Waals surface area contributed by atoms with Crippen molar-refractivity contribution in [2.45, 2.75) is 41.3 Å². The summed E-state index contributed by atoms with van der Waals surface area (Å²) in [6, 6.07) is 9.01. The molecule has 25 heavy (non-hydrogen) atoms. The number of thiophene rings is 1. The first-order valence-electron chi connectivity index (χ1n) is 7.99. The fraction of sp³-hybridized carbons (Fsp3) is 0.375. The van der Waals surface area contributed by atoms with Crippen LogP contribution in [0, 0.1) is 0 Å². The number of rotatable bonds is 5. The van der Waals surface area contributed by atoms with Crippen LogP contribution in [-0.4, -0.2) is 33.7 Å². The molecule has 1 atom stereocenters. The van der Waals surface area contributed by atoms with E-state index in [0.717, 1.165) is 30.6 Å². The van der Waals surface area contributed by atoms with Crippen LogP contribution in [0.2, 0.25) is 0 Å². The summed E-state index contributed by atoms with van der Waals surface area (Å²) < 4.78 is 54.2. The van der Waals surface area contributed by atoms with Crippen LogP contribution in [0.1, 0.15) is 26.2 Å². The minimum absolute atomic E-state index is 0.0178. The molecule has 9 heteroatoms. The van der Waals surface area contributed by atoms with Crippen LogP contribution < -0.4 is 4.72 Å². The molecule has 2 heterocycles. The van der Waals surface area contributed by atoms with E-state index in [1.54, 1.807) is 11.4 Å². The molecule has 136 valence electrons. The molecule has 1 aliphatic heterocycles. The van der Waals surface area contributed by atoms with Gasteiger partial charge in [0, 0.05) is 18.3 Å². The minimum Gasteiger partial charge on any atom is -0.279 e. The fourth-order valence-corrected chi connectivity index (χ4v) is 6.63. The van der Waals surface area contributed by atoms with Crippen molar-refractivity contribution in [2.24, 2.45) is 0 Å². The normalized spacial score (nSPS) is 19.6. The van der Waals surface area contributed by atoms with Gasteiger partial charge < -0.3 is 0 Å². The predicted molar refractivity (Wildman–Crippen MR) is 98.8 cm³/mol. The van der Waals surface area contributed by atoms with Gasteiger partial charge in [0.15, 0.2) is 0 Å². The molecule has 1 aromatic carbocycles. The number of piperidine rings is 1. The van der Waals surface area contributed by atoms with Crippen LogP contribution in [0.3, 0.4) is 0 Å². The Morgan fingerprint density at radius 1 is 1.08 bits per heavy atom. The van der Waals surface area contributed by atoms with E-state index in [9.17, 15) is 16.8 Å². The highest BCUT2D eigenvalue weighted by atomic mass is 32.2. The zero-order valence-corrected chi connectivity index (χ0v) is 16.2. The van der Waals surface area contributed by atoms with Crippen molar-refractivity contribution in [1.29, 1.82) is 0 Å². The van der Waals surface area contributed by atoms with Gasteiger partial charge in [-0.1, -0.05) is 12.5 Å². The van der Waals surface area contributed by atoms with Gasteiger partial charge in [0.25, 0.3) is 10.0 Å². The van der Waals surface area contributed by atoms with Gasteiger partial charge >= 0.3 is 0 Å². The molecule has 0 radical (unpaired) electrons. The molecule has 1 N–H and O–H groups in total. The molecule has 0 spiro atoms. The largest absolute Gasteiger partial charge is 0.279 e. The summed E-state index contributed by atoms with van der Waals surface area (Å²) in [6.45, 7) is 2.44. The molecule has 1 unspecified atom stereocenters. The Morgan fingerprint density at radius 3 is 2.40 bits per heavy atom. The van der Waals surface area contributed by atoms with Crippen LogP contribution in [0.4, 0.5) is 5.69 Å². The Balaban J connectivity index is 1.80. The van der Waals surface area contributed by atoms with Crippen molar-refractivity contribution in [3.05, 3.63) is 41.8 Å². The maximum atomic E-state index is 12.8. The fourth-order valence-electron chi connectivity index (χ4n) is 2.88. The Kier molecular flexibility index (Phi) is 5.19. The maximum Gasteiger partial charge on any atom is 0.271 e. The quantitative estimate of drug-likeness (QED) is 0.836. The van der Waals surface area contributed by atoms with Gasteiger partial charge in [0.05, 0.1) is 4.90 Å². The number of hydrogen-bond donors (Lipinski definition) is 1. The minimum atomic E-state index is -3.64. The average molecular weight is 401 g/mol. The molecule has 3 rings (SSSR count). The van der Waals surface area contributed by atoms with Gasteiger partial charge in [-0.3, -0.25) is 4.72 Å². The third-order valence-electron chi connectivity index (χ3n) is 4.22. The Labute approximate surface area is 152 Å². The van der Waals surface area contributed by atoms with Crippen LogP contribution >= 0.6 is 11.3 Å². The topological polar surface area (TPSA) is 83.6 Å². The molecule has 1 fully saturated rings. The zero-order valence-electron chi connectivity index (χ0n) is 13.8. The van der Waals surface area contributed by atoms with E-state index in [4.69, 9.17) is 0 Å². The smallest absolute Gasteiger partial charge is 0.271 e. The van der Waals surface area contributed by atoms with Crippen molar-refractivity contribution >= 4 is 37.1 Å². The summed E-state index contributed by atoms with van der Waals surface area (Å²) in [5.74, 6) is 0. The second-order valence-corrected chi connectivity index (χ2v) is 10.8. The van der Waals surface area contributed by atoms with E-state index < -0.39 is 20.0 Å². The molecular formula is C16H20N2O4S3. The van der Waals surface area contributed by atoms with Crippen molar-refractivity contribution in [3.63, 3.8) is 0 Å². The lowest BCUT2D eigenvalue weighted by molar-refractivity contribution is 0.268. The first-order chi connectivity index (χ1) is 11.8. The van der Waals surface area contributed by atoms with Crippen LogP contribution in [0.15, 0.2) is 50.9 Å². The van der Waals surface area contributed by atoms with Gasteiger partial charge in [-0.25, -0.2) is 16.8 Å². The van der Waals surface area contributed by atoms with Crippen LogP contribution in [-0.2, 0) is 20.0 Å². The molecule has 1 saturated heterocycles. The van der Waals surface area contributed by atoms with E-state index in [1.807, 2.05) is 6.92 Å². The van der Waals surface area contributed by atoms with E-state index in [1.165, 1.54) is 34.6 Å². The molecule has 1 aromatic heterocycles. The molecule has 0 amide bonds. The molecule has 2 aromatic rings. The molecule has 1 aliphatic rings. The second-order valence-electron chi connectivity index (χ2n) is 6.02. The standard InChI is InChI=1S/C16H20N2O4S3/c1-13-5-2-3-11-18(13)25(21,22)15-9-7-14(8-10-15)17-24(19,20)16-6-4-12-23-16/h4,6-10,12-13,17H,2-3,5,11H2,1H3. The van der Waals surface area contributed by atoms with Gasteiger partial charge in [0.2, 0.25) is 10.0 Å². The number of sulfonamides is 2. The lowest BCUT2D eigenvalue weighted by Crippen LogP contribution is -2.41. The number of nitrogens with zero attached hydrogens (tertiary/aromatic N) is 1. The summed E-state index contributed by atoms with van der Waals surface area (Å²) >= 11 is 1.12. The molecule has 0 bridgehead atoms. The van der Waals surface area contributed by atoms with Crippen LogP contribution in [0.5, 0.6) is 0 Å². The SMILES string of the molecule is CC1CCCCN1S(=O)(=O)c1ccc(NS(=O)(=O)c2cccs2)cc1. The summed E-state index contributed by atoms with van der Waals surface area (Å²) in [5, 5.41) is 1.68. The second kappa shape index (κ2) is 7.06. The summed E-state index contributed by atoms with van der Waals surface area (Å²) in [7, 11) is -7.20. The highest BCUT2D eigenvalue weighted by Gasteiger charge is 2.30. The maximum absolute atomic E-state index is 12.8. The van der Waals surface area contributed by atoms with E-state index in [-0.39, 0.29) is 15.1 Å². The van der Waals surface area contributed by atoms with E-state index in [2.05, 4.69) is 4.72 Å². The summed E-state index contributed by atoms with van der Waals surface area (Å²) in [6.07, 6.45) is 2.76. The van der Waals surface area contributed by atoms with Crippen molar-refractivity contribution in [1.82, 2.24) is 4.31 Å². The van der Waals surface area contributed by atoms with Gasteiger partial charge in [-0.2, -0.15) is 4.31 Å². The molecule has 0 aliphatic carbocycles. The highest BCUT2D eigenvalue weighted by molar-refractivity contribution is 7.94. The van der Waals surface area contributed by atoms with Crippen LogP contribution in [0.25, 0.3) is 0 Å². The number of benzene rings is 1. The summed E-state index contributed by atoms with van der Waals surface area (Å²) in [5.41, 5.74) is 0.332. The Morgan fingerprint density at radius 2 is 1.80 bits per heavy atom. The van der Waals surface area contributed by atoms with Crippen molar-refractivity contribution in [2.75, 3.05) is 11.3 Å². The van der Waals surface area contributed by atoms with Gasteiger partial charge in [0.1, 0.15) is 4.21 Å². The summed E-state index contributed by atoms with van der Waals surface area (Å²) in [4.78, 5) is 0.181. The Hall–Kier alpha value is -1.42. The zero-order chi connectivity index (χ0) is 18.1. The number of hydrogen-bond acceptors (Lipinski definition) is 5. The molecule has 0 saturated carbocycles. The lowest BCUT2D eigenvalue weighted by Gasteiger charge is -2.32. The van der Waals surface area contributed by atoms with Crippen molar-refractivity contribution < 1.29 is 16.8 Å². The third kappa shape index (κ3) is 3.89. The number of anilines is 1. The molecular weight excluding hydrogens is 380 g/mol. The van der Waals surface area contributed by atoms with Gasteiger partial charge in [-0.15, -0.1) is 11.3 Å². The van der Waals surface area contributed by atoms with Gasteiger partial charge in [-0.05, 0) is 55.5 Å². The number of nitrogens with one attached hydrogen (secondary N) is 1. The average Bonchev–Trinajstić information content (AvgIpc) is 3.11. The van der Waals surface area contributed by atoms with Crippen molar-refractivity contribution in [3.8, 4) is 0 Å². The highest BCUT2D eigenvalue weighted by Crippen LogP contribution is 2.26. The lowest BCUT2D eigenvalue weighted by atomic mass is 10.1. The first kappa shape index (κ1) is 18.4. The van der Waals surface area contributed by atoms with E-state index >= 15 is 0 Å². The predicted octanol–water partition coefficient (Wildman–Crippen LogP) is 3.11. The van der Waals surface area contributed by atoms with E-state index in [0.29, 0.717) is 12.2 Å². The first-order valence-corrected chi connectivity index (χ1v) is 11.8. The molecule has 6 nitrogen and oxygen atoms in total. The Bertz CT molecular complexity index is 920. The monoisotopic (exact) mass is 400 g/mol. The third-order valence-corrected chi connectivity index (χ3v) is 9.02.